The molecule has 1 atom stereocenters. The fourth-order valence-corrected chi connectivity index (χ4v) is 4.50. The molecule has 1 fully saturated rings. The fraction of sp³-hybridized carbons (Fsp3) is 0.522. The van der Waals surface area contributed by atoms with Gasteiger partial charge in [0, 0.05) is 57.9 Å². The summed E-state index contributed by atoms with van der Waals surface area (Å²) in [5.41, 5.74) is 1.32. The van der Waals surface area contributed by atoms with Crippen molar-refractivity contribution < 1.29 is 14.3 Å². The SMILES string of the molecule is CN=c1scc(CN2CCN(C(=O)[C@H](NC(=O)OC(C)(C)C)c3ccccc3)CC2)n1C. The van der Waals surface area contributed by atoms with Crippen LogP contribution < -0.4 is 10.1 Å². The topological polar surface area (TPSA) is 79.2 Å². The first-order valence-electron chi connectivity index (χ1n) is 10.8. The molecule has 3 rings (SSSR count). The Hall–Kier alpha value is -2.65. The number of rotatable bonds is 5. The Balaban J connectivity index is 1.65. The van der Waals surface area contributed by atoms with Crippen molar-refractivity contribution in [1.29, 1.82) is 0 Å². The molecule has 0 radical (unpaired) electrons. The number of amides is 2. The molecule has 2 heterocycles. The van der Waals surface area contributed by atoms with Crippen LogP contribution in [0.4, 0.5) is 4.79 Å². The largest absolute Gasteiger partial charge is 0.444 e. The van der Waals surface area contributed by atoms with E-state index in [1.165, 1.54) is 5.69 Å². The summed E-state index contributed by atoms with van der Waals surface area (Å²) in [7, 11) is 3.83. The summed E-state index contributed by atoms with van der Waals surface area (Å²) in [5.74, 6) is -0.116. The Morgan fingerprint density at radius 1 is 1.16 bits per heavy atom. The summed E-state index contributed by atoms with van der Waals surface area (Å²) in [6.45, 7) is 8.99. The average Bonchev–Trinajstić information content (AvgIpc) is 3.11. The lowest BCUT2D eigenvalue weighted by molar-refractivity contribution is -0.135. The molecule has 0 spiro atoms. The highest BCUT2D eigenvalue weighted by Gasteiger charge is 2.31. The van der Waals surface area contributed by atoms with E-state index in [1.807, 2.05) is 42.3 Å². The molecule has 9 heteroatoms. The van der Waals surface area contributed by atoms with Gasteiger partial charge in [0.2, 0.25) is 5.91 Å². The monoisotopic (exact) mass is 459 g/mol. The standard InChI is InChI=1S/C23H33N5O3S/c1-23(2,3)31-22(30)25-19(17-9-7-6-8-10-17)20(29)28-13-11-27(12-14-28)15-18-16-32-21(24-4)26(18)5/h6-10,16,19H,11-15H2,1-5H3,(H,25,30)/t19-/m1/s1. The molecular formula is C23H33N5O3S. The van der Waals surface area contributed by atoms with Crippen molar-refractivity contribution >= 4 is 23.3 Å². The van der Waals surface area contributed by atoms with Gasteiger partial charge in [-0.1, -0.05) is 30.3 Å². The molecule has 0 unspecified atom stereocenters. The Kier molecular flexibility index (Phi) is 7.73. The van der Waals surface area contributed by atoms with E-state index in [9.17, 15) is 9.59 Å². The van der Waals surface area contributed by atoms with Gasteiger partial charge in [-0.3, -0.25) is 14.7 Å². The van der Waals surface area contributed by atoms with Crippen molar-refractivity contribution in [3.8, 4) is 0 Å². The van der Waals surface area contributed by atoms with Gasteiger partial charge in [0.1, 0.15) is 11.6 Å². The van der Waals surface area contributed by atoms with Crippen LogP contribution in [0.3, 0.4) is 0 Å². The Morgan fingerprint density at radius 2 is 1.81 bits per heavy atom. The predicted octanol–water partition coefficient (Wildman–Crippen LogP) is 2.53. The van der Waals surface area contributed by atoms with Gasteiger partial charge in [-0.2, -0.15) is 0 Å². The molecule has 0 saturated carbocycles. The first-order valence-corrected chi connectivity index (χ1v) is 11.7. The summed E-state index contributed by atoms with van der Waals surface area (Å²) in [6.07, 6.45) is -0.597. The van der Waals surface area contributed by atoms with Gasteiger partial charge in [0.15, 0.2) is 4.80 Å². The highest BCUT2D eigenvalue weighted by molar-refractivity contribution is 7.07. The molecule has 1 aromatic carbocycles. The van der Waals surface area contributed by atoms with Crippen LogP contribution >= 0.6 is 11.3 Å². The van der Waals surface area contributed by atoms with E-state index < -0.39 is 17.7 Å². The first kappa shape index (κ1) is 24.0. The fourth-order valence-electron chi connectivity index (χ4n) is 3.64. The maximum absolute atomic E-state index is 13.4. The molecule has 0 bridgehead atoms. The van der Waals surface area contributed by atoms with Crippen molar-refractivity contribution in [3.63, 3.8) is 0 Å². The Morgan fingerprint density at radius 3 is 2.38 bits per heavy atom. The second-order valence-electron chi connectivity index (χ2n) is 8.88. The van der Waals surface area contributed by atoms with Crippen LogP contribution in [-0.4, -0.2) is 65.2 Å². The van der Waals surface area contributed by atoms with Gasteiger partial charge in [-0.05, 0) is 26.3 Å². The number of nitrogens with one attached hydrogen (secondary N) is 1. The zero-order valence-corrected chi connectivity index (χ0v) is 20.3. The lowest BCUT2D eigenvalue weighted by atomic mass is 10.1. The number of thiazole rings is 1. The molecule has 1 saturated heterocycles. The second-order valence-corrected chi connectivity index (χ2v) is 9.72. The molecule has 2 aromatic rings. The van der Waals surface area contributed by atoms with E-state index in [-0.39, 0.29) is 5.91 Å². The van der Waals surface area contributed by atoms with E-state index in [2.05, 4.69) is 25.2 Å². The highest BCUT2D eigenvalue weighted by atomic mass is 32.1. The van der Waals surface area contributed by atoms with Crippen molar-refractivity contribution in [2.75, 3.05) is 33.2 Å². The van der Waals surface area contributed by atoms with Crippen LogP contribution in [0.25, 0.3) is 0 Å². The smallest absolute Gasteiger partial charge is 0.408 e. The van der Waals surface area contributed by atoms with Crippen molar-refractivity contribution in [2.24, 2.45) is 12.0 Å². The Labute approximate surface area is 193 Å². The molecule has 174 valence electrons. The zero-order valence-electron chi connectivity index (χ0n) is 19.5. The van der Waals surface area contributed by atoms with Crippen LogP contribution in [0.5, 0.6) is 0 Å². The van der Waals surface area contributed by atoms with Gasteiger partial charge >= 0.3 is 6.09 Å². The van der Waals surface area contributed by atoms with Crippen LogP contribution in [0.15, 0.2) is 40.7 Å². The molecule has 2 amide bonds. The van der Waals surface area contributed by atoms with E-state index in [0.717, 1.165) is 30.0 Å². The van der Waals surface area contributed by atoms with E-state index in [0.29, 0.717) is 13.1 Å². The number of ether oxygens (including phenoxy) is 1. The number of nitrogens with zero attached hydrogens (tertiary/aromatic N) is 4. The van der Waals surface area contributed by atoms with E-state index >= 15 is 0 Å². The number of carbonyl (C=O) groups is 2. The number of alkyl carbamates (subject to hydrolysis) is 1. The molecule has 8 nitrogen and oxygen atoms in total. The minimum atomic E-state index is -0.777. The highest BCUT2D eigenvalue weighted by Crippen LogP contribution is 2.19. The minimum Gasteiger partial charge on any atom is -0.444 e. The van der Waals surface area contributed by atoms with Gasteiger partial charge < -0.3 is 19.5 Å². The minimum absolute atomic E-state index is 0.116. The average molecular weight is 460 g/mol. The number of carbonyl (C=O) groups excluding carboxylic acids is 2. The van der Waals surface area contributed by atoms with Gasteiger partial charge in [-0.25, -0.2) is 4.79 Å². The summed E-state index contributed by atoms with van der Waals surface area (Å²) in [6, 6.07) is 8.54. The van der Waals surface area contributed by atoms with Crippen LogP contribution in [0.2, 0.25) is 0 Å². The molecule has 0 aliphatic carbocycles. The molecule has 1 N–H and O–H groups in total. The lowest BCUT2D eigenvalue weighted by Crippen LogP contribution is -2.52. The molecule has 1 aliphatic rings. The number of piperazine rings is 1. The number of benzene rings is 1. The number of hydrogen-bond donors (Lipinski definition) is 1. The van der Waals surface area contributed by atoms with Gasteiger partial charge in [-0.15, -0.1) is 11.3 Å². The molecular weight excluding hydrogens is 426 g/mol. The van der Waals surface area contributed by atoms with Crippen LogP contribution in [0, 0.1) is 0 Å². The normalized spacial score (nSPS) is 16.7. The zero-order chi connectivity index (χ0) is 23.3. The summed E-state index contributed by atoms with van der Waals surface area (Å²) < 4.78 is 7.50. The van der Waals surface area contributed by atoms with Crippen molar-refractivity contribution in [1.82, 2.24) is 19.7 Å². The summed E-state index contributed by atoms with van der Waals surface area (Å²) >= 11 is 1.63. The van der Waals surface area contributed by atoms with E-state index in [4.69, 9.17) is 4.74 Å². The number of aromatic nitrogens is 1. The number of hydrogen-bond acceptors (Lipinski definition) is 6. The second kappa shape index (κ2) is 10.3. The predicted molar refractivity (Wildman–Crippen MR) is 125 cm³/mol. The molecule has 32 heavy (non-hydrogen) atoms. The van der Waals surface area contributed by atoms with Crippen LogP contribution in [0.1, 0.15) is 38.1 Å². The third-order valence-corrected chi connectivity index (χ3v) is 6.38. The molecule has 1 aliphatic heterocycles. The van der Waals surface area contributed by atoms with E-state index in [1.54, 1.807) is 39.2 Å². The third-order valence-electron chi connectivity index (χ3n) is 5.32. The lowest BCUT2D eigenvalue weighted by Gasteiger charge is -2.36. The maximum Gasteiger partial charge on any atom is 0.408 e. The van der Waals surface area contributed by atoms with Crippen molar-refractivity contribution in [2.45, 2.75) is 39.0 Å². The summed E-state index contributed by atoms with van der Waals surface area (Å²) in [4.78, 5) is 35.2. The van der Waals surface area contributed by atoms with Crippen molar-refractivity contribution in [3.05, 3.63) is 51.8 Å². The van der Waals surface area contributed by atoms with Gasteiger partial charge in [0.25, 0.3) is 0 Å². The van der Waals surface area contributed by atoms with Gasteiger partial charge in [0.05, 0.1) is 0 Å². The first-order chi connectivity index (χ1) is 15.2. The maximum atomic E-state index is 13.4. The quantitative estimate of drug-likeness (QED) is 0.745. The molecule has 1 aromatic heterocycles. The summed E-state index contributed by atoms with van der Waals surface area (Å²) in [5, 5.41) is 4.91. The van der Waals surface area contributed by atoms with Crippen LogP contribution in [-0.2, 0) is 23.1 Å². The Bertz CT molecular complexity index is 985. The third kappa shape index (κ3) is 6.20.